The molecule has 1 aliphatic rings. The van der Waals surface area contributed by atoms with Crippen LogP contribution in [0.15, 0.2) is 12.1 Å². The van der Waals surface area contributed by atoms with E-state index in [9.17, 15) is 9.59 Å². The van der Waals surface area contributed by atoms with Gasteiger partial charge in [-0.25, -0.2) is 0 Å². The average molecular weight is 369 g/mol. The minimum absolute atomic E-state index is 0.0326. The summed E-state index contributed by atoms with van der Waals surface area (Å²) in [5.41, 5.74) is 0.400. The molecule has 25 heavy (non-hydrogen) atoms. The Morgan fingerprint density at radius 1 is 1.24 bits per heavy atom. The van der Waals surface area contributed by atoms with Crippen molar-refractivity contribution in [1.29, 1.82) is 0 Å². The molecule has 2 rings (SSSR count). The Labute approximate surface area is 153 Å². The van der Waals surface area contributed by atoms with Crippen molar-refractivity contribution in [1.82, 2.24) is 10.2 Å². The Morgan fingerprint density at radius 2 is 1.92 bits per heavy atom. The molecule has 0 unspecified atom stereocenters. The fourth-order valence-electron chi connectivity index (χ4n) is 2.56. The smallest absolute Gasteiger partial charge is 0.240 e. The zero-order valence-electron chi connectivity index (χ0n) is 15.1. The molecule has 0 atom stereocenters. The van der Waals surface area contributed by atoms with E-state index in [1.807, 2.05) is 27.7 Å². The van der Waals surface area contributed by atoms with Crippen LogP contribution in [0.2, 0.25) is 5.02 Å². The van der Waals surface area contributed by atoms with Crippen LogP contribution in [0.5, 0.6) is 11.5 Å². The van der Waals surface area contributed by atoms with Crippen LogP contribution in [-0.4, -0.2) is 48.6 Å². The predicted molar refractivity (Wildman–Crippen MR) is 96.3 cm³/mol. The van der Waals surface area contributed by atoms with Gasteiger partial charge in [0.05, 0.1) is 18.0 Å². The molecule has 0 bridgehead atoms. The highest BCUT2D eigenvalue weighted by atomic mass is 35.5. The number of likely N-dealkylation sites (N-methyl/N-ethyl adjacent to an activating group) is 1. The van der Waals surface area contributed by atoms with Crippen molar-refractivity contribution in [3.63, 3.8) is 0 Å². The molecule has 1 aromatic rings. The van der Waals surface area contributed by atoms with Gasteiger partial charge in [-0.15, -0.1) is 0 Å². The van der Waals surface area contributed by atoms with Crippen LogP contribution in [0.3, 0.4) is 0 Å². The molecule has 1 heterocycles. The highest BCUT2D eigenvalue weighted by molar-refractivity contribution is 6.32. The first-order valence-corrected chi connectivity index (χ1v) is 8.74. The number of amides is 2. The van der Waals surface area contributed by atoms with E-state index in [0.29, 0.717) is 36.3 Å². The average Bonchev–Trinajstić information content (AvgIpc) is 2.50. The molecular formula is C18H25ClN2O4. The highest BCUT2D eigenvalue weighted by Crippen LogP contribution is 2.38. The molecule has 0 aromatic heterocycles. The third-order valence-corrected chi connectivity index (χ3v) is 3.88. The van der Waals surface area contributed by atoms with Crippen LogP contribution in [-0.2, 0) is 16.0 Å². The van der Waals surface area contributed by atoms with E-state index in [-0.39, 0.29) is 30.3 Å². The summed E-state index contributed by atoms with van der Waals surface area (Å²) in [6.45, 7) is 8.95. The molecule has 1 N–H and O–H groups in total. The maximum absolute atomic E-state index is 12.6. The van der Waals surface area contributed by atoms with E-state index in [4.69, 9.17) is 21.1 Å². The van der Waals surface area contributed by atoms with Crippen molar-refractivity contribution in [2.75, 3.05) is 26.3 Å². The van der Waals surface area contributed by atoms with Crippen molar-refractivity contribution in [3.8, 4) is 11.5 Å². The number of carbonyl (C=O) groups excluding carboxylic acids is 2. The number of ether oxygens (including phenoxy) is 2. The number of halogens is 1. The summed E-state index contributed by atoms with van der Waals surface area (Å²) in [4.78, 5) is 26.1. The topological polar surface area (TPSA) is 67.9 Å². The number of benzene rings is 1. The molecule has 0 radical (unpaired) electrons. The lowest BCUT2D eigenvalue weighted by molar-refractivity contribution is -0.135. The summed E-state index contributed by atoms with van der Waals surface area (Å²) >= 11 is 6.21. The Balaban J connectivity index is 2.04. The van der Waals surface area contributed by atoms with Gasteiger partial charge in [0, 0.05) is 12.1 Å². The first-order chi connectivity index (χ1) is 11.7. The highest BCUT2D eigenvalue weighted by Gasteiger charge is 2.22. The lowest BCUT2D eigenvalue weighted by Crippen LogP contribution is -2.47. The van der Waals surface area contributed by atoms with Gasteiger partial charge in [0.25, 0.3) is 0 Å². The van der Waals surface area contributed by atoms with Gasteiger partial charge in [-0.05, 0) is 45.4 Å². The molecule has 6 nitrogen and oxygen atoms in total. The number of fused-ring (bicyclic) bond motifs is 1. The molecule has 7 heteroatoms. The number of nitrogens with one attached hydrogen (secondary N) is 1. The Morgan fingerprint density at radius 3 is 2.56 bits per heavy atom. The van der Waals surface area contributed by atoms with Crippen molar-refractivity contribution in [2.45, 2.75) is 39.7 Å². The number of hydrogen-bond acceptors (Lipinski definition) is 4. The lowest BCUT2D eigenvalue weighted by atomic mass is 10.1. The number of rotatable bonds is 5. The normalized spacial score (nSPS) is 13.3. The van der Waals surface area contributed by atoms with Gasteiger partial charge in [-0.3, -0.25) is 9.59 Å². The first kappa shape index (κ1) is 19.4. The van der Waals surface area contributed by atoms with Gasteiger partial charge >= 0.3 is 0 Å². The van der Waals surface area contributed by atoms with Gasteiger partial charge in [0.2, 0.25) is 11.8 Å². The molecule has 0 saturated heterocycles. The summed E-state index contributed by atoms with van der Waals surface area (Å²) in [6, 6.07) is 3.47. The summed E-state index contributed by atoms with van der Waals surface area (Å²) in [7, 11) is 0. The van der Waals surface area contributed by atoms with Crippen LogP contribution in [0.25, 0.3) is 0 Å². The summed E-state index contributed by atoms with van der Waals surface area (Å²) in [6.07, 6.45) is 0.146. The molecule has 0 fully saturated rings. The summed E-state index contributed by atoms with van der Waals surface area (Å²) in [5, 5.41) is 3.29. The summed E-state index contributed by atoms with van der Waals surface area (Å²) in [5.74, 6) is 0.748. The zero-order chi connectivity index (χ0) is 18.6. The second-order valence-corrected chi connectivity index (χ2v) is 7.39. The largest absolute Gasteiger partial charge is 0.486 e. The minimum Gasteiger partial charge on any atom is -0.486 e. The zero-order valence-corrected chi connectivity index (χ0v) is 15.9. The monoisotopic (exact) mass is 368 g/mol. The Bertz CT molecular complexity index is 655. The third-order valence-electron chi connectivity index (χ3n) is 3.60. The molecule has 0 saturated carbocycles. The quantitative estimate of drug-likeness (QED) is 0.866. The Kier molecular flexibility index (Phi) is 6.16. The second-order valence-electron chi connectivity index (χ2n) is 6.98. The molecule has 2 amide bonds. The van der Waals surface area contributed by atoms with Gasteiger partial charge in [0.1, 0.15) is 13.2 Å². The van der Waals surface area contributed by atoms with Crippen LogP contribution in [0.4, 0.5) is 0 Å². The Hall–Kier alpha value is -1.95. The van der Waals surface area contributed by atoms with E-state index < -0.39 is 0 Å². The maximum Gasteiger partial charge on any atom is 0.240 e. The maximum atomic E-state index is 12.6. The van der Waals surface area contributed by atoms with Crippen molar-refractivity contribution < 1.29 is 19.1 Å². The molecule has 138 valence electrons. The number of nitrogens with zero attached hydrogens (tertiary/aromatic N) is 1. The fraction of sp³-hybridized carbons (Fsp3) is 0.556. The molecule has 1 aliphatic heterocycles. The summed E-state index contributed by atoms with van der Waals surface area (Å²) < 4.78 is 11.0. The van der Waals surface area contributed by atoms with E-state index in [1.165, 1.54) is 4.90 Å². The van der Waals surface area contributed by atoms with E-state index in [1.54, 1.807) is 12.1 Å². The van der Waals surface area contributed by atoms with Crippen LogP contribution in [0, 0.1) is 0 Å². The van der Waals surface area contributed by atoms with Gasteiger partial charge in [-0.1, -0.05) is 11.6 Å². The van der Waals surface area contributed by atoms with Crippen molar-refractivity contribution >= 4 is 23.4 Å². The van der Waals surface area contributed by atoms with E-state index in [0.717, 1.165) is 5.56 Å². The molecular weight excluding hydrogens is 344 g/mol. The number of hydrogen-bond donors (Lipinski definition) is 1. The van der Waals surface area contributed by atoms with E-state index >= 15 is 0 Å². The standard InChI is InChI=1S/C18H25ClN2O4/c1-5-21(11-15(22)20-18(2,3)4)16(23)10-12-8-13(19)17-14(9-12)24-6-7-25-17/h8-9H,5-7,10-11H2,1-4H3,(H,20,22). The van der Waals surface area contributed by atoms with Gasteiger partial charge in [0.15, 0.2) is 11.5 Å². The minimum atomic E-state index is -0.330. The van der Waals surface area contributed by atoms with Crippen LogP contribution >= 0.6 is 11.6 Å². The van der Waals surface area contributed by atoms with Gasteiger partial charge < -0.3 is 19.7 Å². The molecule has 1 aromatic carbocycles. The fourth-order valence-corrected chi connectivity index (χ4v) is 2.85. The van der Waals surface area contributed by atoms with Crippen LogP contribution < -0.4 is 14.8 Å². The third kappa shape index (κ3) is 5.53. The van der Waals surface area contributed by atoms with Crippen molar-refractivity contribution in [2.24, 2.45) is 0 Å². The second kappa shape index (κ2) is 7.95. The molecule has 0 spiro atoms. The number of carbonyl (C=O) groups is 2. The first-order valence-electron chi connectivity index (χ1n) is 8.36. The lowest BCUT2D eigenvalue weighted by Gasteiger charge is -2.25. The SMILES string of the molecule is CCN(CC(=O)NC(C)(C)C)C(=O)Cc1cc(Cl)c2c(c1)OCCO2. The predicted octanol–water partition coefficient (Wildman–Crippen LogP) is 2.42. The van der Waals surface area contributed by atoms with Crippen molar-refractivity contribution in [3.05, 3.63) is 22.7 Å². The molecule has 0 aliphatic carbocycles. The van der Waals surface area contributed by atoms with E-state index in [2.05, 4.69) is 5.32 Å². The van der Waals surface area contributed by atoms with Gasteiger partial charge in [-0.2, -0.15) is 0 Å². The van der Waals surface area contributed by atoms with Crippen LogP contribution in [0.1, 0.15) is 33.3 Å².